The lowest BCUT2D eigenvalue weighted by molar-refractivity contribution is 0.0111. The third-order valence-electron chi connectivity index (χ3n) is 3.98. The molecule has 0 bridgehead atoms. The van der Waals surface area contributed by atoms with Crippen molar-refractivity contribution in [2.45, 2.75) is 38.4 Å². The van der Waals surface area contributed by atoms with Crippen LogP contribution in [0.3, 0.4) is 0 Å². The van der Waals surface area contributed by atoms with Crippen LogP contribution >= 0.6 is 11.3 Å². The normalized spacial score (nSPS) is 18.3. The number of aryl methyl sites for hydroxylation is 1. The second kappa shape index (κ2) is 7.77. The van der Waals surface area contributed by atoms with Gasteiger partial charge in [0.15, 0.2) is 6.10 Å². The van der Waals surface area contributed by atoms with Crippen molar-refractivity contribution >= 4 is 17.3 Å². The molecule has 0 amide bonds. The number of hydrogen-bond donors (Lipinski definition) is 0. The zero-order chi connectivity index (χ0) is 16.9. The van der Waals surface area contributed by atoms with Crippen LogP contribution in [0.5, 0.6) is 5.75 Å². The van der Waals surface area contributed by atoms with Crippen LogP contribution < -0.4 is 4.74 Å². The summed E-state index contributed by atoms with van der Waals surface area (Å²) in [5, 5.41) is 0.919. The molecule has 0 aliphatic carbocycles. The van der Waals surface area contributed by atoms with Gasteiger partial charge >= 0.3 is 5.97 Å². The van der Waals surface area contributed by atoms with Crippen molar-refractivity contribution in [2.24, 2.45) is 0 Å². The smallest absolute Gasteiger partial charge is 0.337 e. The molecule has 5 nitrogen and oxygen atoms in total. The Kier molecular flexibility index (Phi) is 5.48. The summed E-state index contributed by atoms with van der Waals surface area (Å²) >= 11 is 1.65. The molecule has 1 aromatic carbocycles. The Morgan fingerprint density at radius 1 is 1.50 bits per heavy atom. The van der Waals surface area contributed by atoms with E-state index in [1.165, 1.54) is 12.0 Å². The quantitative estimate of drug-likeness (QED) is 0.744. The van der Waals surface area contributed by atoms with Gasteiger partial charge in [0, 0.05) is 17.7 Å². The minimum atomic E-state index is -0.378. The van der Waals surface area contributed by atoms with Crippen molar-refractivity contribution in [1.82, 2.24) is 4.98 Å². The van der Waals surface area contributed by atoms with Crippen LogP contribution in [0.4, 0.5) is 0 Å². The first-order chi connectivity index (χ1) is 11.7. The lowest BCUT2D eigenvalue weighted by Gasteiger charge is -2.22. The Balaban J connectivity index is 1.85. The fourth-order valence-electron chi connectivity index (χ4n) is 2.71. The minimum Gasteiger partial charge on any atom is -0.480 e. The first kappa shape index (κ1) is 16.9. The number of esters is 1. The summed E-state index contributed by atoms with van der Waals surface area (Å²) in [5.74, 6) is 0.239. The zero-order valence-electron chi connectivity index (χ0n) is 13.9. The van der Waals surface area contributed by atoms with E-state index in [4.69, 9.17) is 14.2 Å². The molecule has 0 N–H and O–H groups in total. The SMILES string of the molecule is CCc1cnc(C(Oc2cccc(C(=O)OC)c2)[C@@H]2CCCO2)s1. The van der Waals surface area contributed by atoms with Gasteiger partial charge in [-0.25, -0.2) is 9.78 Å². The number of carbonyl (C=O) groups is 1. The number of thiazole rings is 1. The van der Waals surface area contributed by atoms with E-state index in [2.05, 4.69) is 11.9 Å². The topological polar surface area (TPSA) is 57.7 Å². The van der Waals surface area contributed by atoms with E-state index in [9.17, 15) is 4.79 Å². The standard InChI is InChI=1S/C18H21NO4S/c1-3-14-11-19-17(24-14)16(15-8-5-9-22-15)23-13-7-4-6-12(10-13)18(20)21-2/h4,6-7,10-11,15-16H,3,5,8-9H2,1-2H3/t15-,16?/m0/s1. The summed E-state index contributed by atoms with van der Waals surface area (Å²) in [6, 6.07) is 7.02. The highest BCUT2D eigenvalue weighted by molar-refractivity contribution is 7.11. The maximum atomic E-state index is 11.7. The van der Waals surface area contributed by atoms with Gasteiger partial charge in [0.1, 0.15) is 16.9 Å². The van der Waals surface area contributed by atoms with E-state index in [1.54, 1.807) is 29.5 Å². The summed E-state index contributed by atoms with van der Waals surface area (Å²) in [6.45, 7) is 2.86. The van der Waals surface area contributed by atoms with Crippen molar-refractivity contribution < 1.29 is 19.0 Å². The number of benzene rings is 1. The van der Waals surface area contributed by atoms with Crippen LogP contribution in [0, 0.1) is 0 Å². The minimum absolute atomic E-state index is 0.0114. The molecule has 2 aromatic rings. The van der Waals surface area contributed by atoms with Gasteiger partial charge in [-0.3, -0.25) is 0 Å². The Labute approximate surface area is 145 Å². The van der Waals surface area contributed by atoms with Crippen molar-refractivity contribution in [3.63, 3.8) is 0 Å². The van der Waals surface area contributed by atoms with Crippen molar-refractivity contribution in [1.29, 1.82) is 0 Å². The molecule has 1 aliphatic heterocycles. The first-order valence-electron chi connectivity index (χ1n) is 8.12. The molecular weight excluding hydrogens is 326 g/mol. The fourth-order valence-corrected chi connectivity index (χ4v) is 3.64. The largest absolute Gasteiger partial charge is 0.480 e. The molecule has 1 saturated heterocycles. The summed E-state index contributed by atoms with van der Waals surface area (Å²) in [7, 11) is 1.37. The Bertz CT molecular complexity index is 694. The molecule has 6 heteroatoms. The van der Waals surface area contributed by atoms with E-state index in [-0.39, 0.29) is 18.2 Å². The van der Waals surface area contributed by atoms with Crippen molar-refractivity contribution in [3.05, 3.63) is 45.9 Å². The van der Waals surface area contributed by atoms with Crippen LogP contribution in [-0.2, 0) is 15.9 Å². The molecule has 2 atom stereocenters. The number of nitrogens with zero attached hydrogens (tertiary/aromatic N) is 1. The van der Waals surface area contributed by atoms with Crippen LogP contribution in [0.2, 0.25) is 0 Å². The molecule has 3 rings (SSSR count). The van der Waals surface area contributed by atoms with Gasteiger partial charge in [0.25, 0.3) is 0 Å². The molecule has 1 fully saturated rings. The molecular formula is C18H21NO4S. The fraction of sp³-hybridized carbons (Fsp3) is 0.444. The number of carbonyl (C=O) groups excluding carboxylic acids is 1. The summed E-state index contributed by atoms with van der Waals surface area (Å²) in [5.41, 5.74) is 0.467. The molecule has 1 aliphatic rings. The average molecular weight is 347 g/mol. The first-order valence-corrected chi connectivity index (χ1v) is 8.94. The predicted molar refractivity (Wildman–Crippen MR) is 91.6 cm³/mol. The Hall–Kier alpha value is -1.92. The predicted octanol–water partition coefficient (Wildman–Crippen LogP) is 3.79. The summed E-state index contributed by atoms with van der Waals surface area (Å²) in [4.78, 5) is 17.5. The second-order valence-corrected chi connectivity index (χ2v) is 6.77. The van der Waals surface area contributed by atoms with Gasteiger partial charge in [0.2, 0.25) is 0 Å². The Morgan fingerprint density at radius 2 is 2.38 bits per heavy atom. The van der Waals surface area contributed by atoms with Crippen LogP contribution in [0.1, 0.15) is 46.1 Å². The average Bonchev–Trinajstić information content (AvgIpc) is 3.31. The van der Waals surface area contributed by atoms with Gasteiger partial charge in [-0.05, 0) is 37.5 Å². The molecule has 1 aromatic heterocycles. The maximum absolute atomic E-state index is 11.7. The summed E-state index contributed by atoms with van der Waals surface area (Å²) < 4.78 is 16.8. The van der Waals surface area contributed by atoms with Crippen LogP contribution in [0.25, 0.3) is 0 Å². The molecule has 1 unspecified atom stereocenters. The monoisotopic (exact) mass is 347 g/mol. The molecule has 0 spiro atoms. The lowest BCUT2D eigenvalue weighted by atomic mass is 10.1. The van der Waals surface area contributed by atoms with Gasteiger partial charge in [-0.2, -0.15) is 0 Å². The zero-order valence-corrected chi connectivity index (χ0v) is 14.7. The van der Waals surface area contributed by atoms with E-state index < -0.39 is 0 Å². The number of hydrogen-bond acceptors (Lipinski definition) is 6. The van der Waals surface area contributed by atoms with E-state index in [0.29, 0.717) is 11.3 Å². The lowest BCUT2D eigenvalue weighted by Crippen LogP contribution is -2.23. The van der Waals surface area contributed by atoms with E-state index in [0.717, 1.165) is 30.9 Å². The van der Waals surface area contributed by atoms with Crippen LogP contribution in [0.15, 0.2) is 30.5 Å². The molecule has 24 heavy (non-hydrogen) atoms. The molecule has 128 valence electrons. The number of rotatable bonds is 6. The highest BCUT2D eigenvalue weighted by atomic mass is 32.1. The van der Waals surface area contributed by atoms with Gasteiger partial charge < -0.3 is 14.2 Å². The van der Waals surface area contributed by atoms with Gasteiger partial charge in [-0.1, -0.05) is 13.0 Å². The van der Waals surface area contributed by atoms with Gasteiger partial charge in [-0.15, -0.1) is 11.3 Å². The van der Waals surface area contributed by atoms with Crippen LogP contribution in [-0.4, -0.2) is 30.8 Å². The number of aromatic nitrogens is 1. The highest BCUT2D eigenvalue weighted by Gasteiger charge is 2.31. The number of ether oxygens (including phenoxy) is 3. The van der Waals surface area contributed by atoms with E-state index >= 15 is 0 Å². The highest BCUT2D eigenvalue weighted by Crippen LogP contribution is 2.34. The maximum Gasteiger partial charge on any atom is 0.337 e. The molecule has 0 saturated carbocycles. The summed E-state index contributed by atoms with van der Waals surface area (Å²) in [6.07, 6.45) is 4.55. The third kappa shape index (κ3) is 3.76. The van der Waals surface area contributed by atoms with Crippen molar-refractivity contribution in [2.75, 3.05) is 13.7 Å². The van der Waals surface area contributed by atoms with E-state index in [1.807, 2.05) is 12.3 Å². The number of methoxy groups -OCH3 is 1. The third-order valence-corrected chi connectivity index (χ3v) is 5.19. The second-order valence-electron chi connectivity index (χ2n) is 5.63. The Morgan fingerprint density at radius 3 is 3.04 bits per heavy atom. The molecule has 0 radical (unpaired) electrons. The van der Waals surface area contributed by atoms with Gasteiger partial charge in [0.05, 0.1) is 12.7 Å². The molecule has 2 heterocycles. The van der Waals surface area contributed by atoms with Crippen molar-refractivity contribution in [3.8, 4) is 5.75 Å².